The van der Waals surface area contributed by atoms with Crippen LogP contribution in [0, 0.1) is 0 Å². The van der Waals surface area contributed by atoms with Crippen LogP contribution in [0.25, 0.3) is 0 Å². The van der Waals surface area contributed by atoms with Crippen molar-refractivity contribution in [3.63, 3.8) is 0 Å². The topological polar surface area (TPSA) is 54.4 Å². The molecule has 0 fully saturated rings. The molecule has 4 heteroatoms. The number of nitrogens with one attached hydrogen (secondary N) is 1. The van der Waals surface area contributed by atoms with Crippen LogP contribution in [0.1, 0.15) is 18.9 Å². The van der Waals surface area contributed by atoms with Gasteiger partial charge in [0, 0.05) is 32.1 Å². The maximum Gasteiger partial charge on any atom is 0.0897 e. The molecule has 16 heavy (non-hydrogen) atoms. The Bertz CT molecular complexity index is 267. The zero-order valence-electron chi connectivity index (χ0n) is 9.72. The summed E-state index contributed by atoms with van der Waals surface area (Å²) in [5.41, 5.74) is 1.16. The summed E-state index contributed by atoms with van der Waals surface area (Å²) in [5, 5.41) is 12.7. The lowest BCUT2D eigenvalue weighted by Gasteiger charge is -2.11. The van der Waals surface area contributed by atoms with E-state index in [0.29, 0.717) is 19.8 Å². The smallest absolute Gasteiger partial charge is 0.0897 e. The molecule has 90 valence electrons. The van der Waals surface area contributed by atoms with E-state index in [0.717, 1.165) is 18.5 Å². The maximum absolute atomic E-state index is 9.55. The molecule has 1 aromatic heterocycles. The minimum Gasteiger partial charge on any atom is -0.389 e. The van der Waals surface area contributed by atoms with Gasteiger partial charge in [-0.3, -0.25) is 4.98 Å². The Morgan fingerprint density at radius 2 is 2.19 bits per heavy atom. The molecular formula is C12H20N2O2. The third kappa shape index (κ3) is 5.80. The summed E-state index contributed by atoms with van der Waals surface area (Å²) >= 11 is 0. The summed E-state index contributed by atoms with van der Waals surface area (Å²) in [5.74, 6) is 0. The van der Waals surface area contributed by atoms with E-state index in [4.69, 9.17) is 4.74 Å². The summed E-state index contributed by atoms with van der Waals surface area (Å²) < 4.78 is 5.25. The van der Waals surface area contributed by atoms with Gasteiger partial charge in [0.1, 0.15) is 0 Å². The molecule has 0 spiro atoms. The van der Waals surface area contributed by atoms with Crippen molar-refractivity contribution >= 4 is 0 Å². The minimum atomic E-state index is -0.437. The molecule has 1 rings (SSSR count). The number of hydrogen-bond acceptors (Lipinski definition) is 4. The molecular weight excluding hydrogens is 204 g/mol. The number of pyridine rings is 1. The largest absolute Gasteiger partial charge is 0.389 e. The quantitative estimate of drug-likeness (QED) is 0.646. The van der Waals surface area contributed by atoms with E-state index in [1.54, 1.807) is 12.4 Å². The number of aliphatic hydroxyl groups is 1. The second-order valence-corrected chi connectivity index (χ2v) is 3.72. The highest BCUT2D eigenvalue weighted by Crippen LogP contribution is 1.95. The molecule has 0 aliphatic carbocycles. The molecule has 1 atom stereocenters. The van der Waals surface area contributed by atoms with Crippen molar-refractivity contribution in [2.75, 3.05) is 19.8 Å². The van der Waals surface area contributed by atoms with Crippen LogP contribution in [-0.2, 0) is 11.3 Å². The van der Waals surface area contributed by atoms with E-state index in [1.165, 1.54) is 0 Å². The van der Waals surface area contributed by atoms with Crippen LogP contribution in [0.15, 0.2) is 24.5 Å². The Labute approximate surface area is 96.7 Å². The predicted molar refractivity (Wildman–Crippen MR) is 63.1 cm³/mol. The highest BCUT2D eigenvalue weighted by atomic mass is 16.5. The third-order valence-electron chi connectivity index (χ3n) is 2.12. The molecule has 0 aliphatic heterocycles. The molecule has 1 heterocycles. The summed E-state index contributed by atoms with van der Waals surface area (Å²) in [6, 6.07) is 3.90. The fourth-order valence-electron chi connectivity index (χ4n) is 1.31. The molecule has 4 nitrogen and oxygen atoms in total. The standard InChI is InChI=1S/C12H20N2O2/c1-2-7-16-10-12(15)9-14-8-11-3-5-13-6-4-11/h3-6,12,14-15H,2,7-10H2,1H3. The third-order valence-corrected chi connectivity index (χ3v) is 2.12. The van der Waals surface area contributed by atoms with Crippen LogP contribution in [0.4, 0.5) is 0 Å². The van der Waals surface area contributed by atoms with Crippen molar-refractivity contribution in [3.05, 3.63) is 30.1 Å². The molecule has 0 radical (unpaired) electrons. The average Bonchev–Trinajstić information content (AvgIpc) is 2.31. The number of aliphatic hydroxyl groups excluding tert-OH is 1. The van der Waals surface area contributed by atoms with Gasteiger partial charge in [-0.05, 0) is 24.1 Å². The first-order valence-electron chi connectivity index (χ1n) is 5.68. The van der Waals surface area contributed by atoms with E-state index in [2.05, 4.69) is 10.3 Å². The van der Waals surface area contributed by atoms with E-state index in [-0.39, 0.29) is 0 Å². The summed E-state index contributed by atoms with van der Waals surface area (Å²) in [6.45, 7) is 4.45. The van der Waals surface area contributed by atoms with Crippen molar-refractivity contribution in [3.8, 4) is 0 Å². The van der Waals surface area contributed by atoms with Crippen molar-refractivity contribution in [1.82, 2.24) is 10.3 Å². The van der Waals surface area contributed by atoms with Gasteiger partial charge in [-0.2, -0.15) is 0 Å². The number of rotatable bonds is 8. The van der Waals surface area contributed by atoms with Gasteiger partial charge >= 0.3 is 0 Å². The second-order valence-electron chi connectivity index (χ2n) is 3.72. The highest BCUT2D eigenvalue weighted by Gasteiger charge is 2.02. The van der Waals surface area contributed by atoms with E-state index in [1.807, 2.05) is 19.1 Å². The van der Waals surface area contributed by atoms with Crippen LogP contribution in [0.5, 0.6) is 0 Å². The maximum atomic E-state index is 9.55. The lowest BCUT2D eigenvalue weighted by Crippen LogP contribution is -2.30. The summed E-state index contributed by atoms with van der Waals surface area (Å²) in [7, 11) is 0. The first kappa shape index (κ1) is 13.1. The van der Waals surface area contributed by atoms with Gasteiger partial charge in [0.15, 0.2) is 0 Å². The van der Waals surface area contributed by atoms with Crippen LogP contribution in [-0.4, -0.2) is 36.0 Å². The SMILES string of the molecule is CCCOCC(O)CNCc1ccncc1. The van der Waals surface area contributed by atoms with Crippen molar-refractivity contribution in [2.45, 2.75) is 26.0 Å². The fourth-order valence-corrected chi connectivity index (χ4v) is 1.31. The van der Waals surface area contributed by atoms with Crippen molar-refractivity contribution < 1.29 is 9.84 Å². The van der Waals surface area contributed by atoms with Gasteiger partial charge in [-0.1, -0.05) is 6.92 Å². The Kier molecular flexibility index (Phi) is 6.72. The normalized spacial score (nSPS) is 12.6. The van der Waals surface area contributed by atoms with Crippen molar-refractivity contribution in [2.24, 2.45) is 0 Å². The lowest BCUT2D eigenvalue weighted by atomic mass is 10.2. The van der Waals surface area contributed by atoms with Gasteiger partial charge in [0.25, 0.3) is 0 Å². The molecule has 0 bridgehead atoms. The summed E-state index contributed by atoms with van der Waals surface area (Å²) in [4.78, 5) is 3.94. The molecule has 1 unspecified atom stereocenters. The van der Waals surface area contributed by atoms with E-state index >= 15 is 0 Å². The number of ether oxygens (including phenoxy) is 1. The molecule has 0 aliphatic rings. The Morgan fingerprint density at radius 1 is 1.44 bits per heavy atom. The number of hydrogen-bond donors (Lipinski definition) is 2. The van der Waals surface area contributed by atoms with Gasteiger partial charge < -0.3 is 15.2 Å². The lowest BCUT2D eigenvalue weighted by molar-refractivity contribution is 0.0372. The Balaban J connectivity index is 2.06. The highest BCUT2D eigenvalue weighted by molar-refractivity contribution is 5.08. The first-order valence-corrected chi connectivity index (χ1v) is 5.68. The first-order chi connectivity index (χ1) is 7.83. The van der Waals surface area contributed by atoms with Gasteiger partial charge in [-0.25, -0.2) is 0 Å². The van der Waals surface area contributed by atoms with Crippen molar-refractivity contribution in [1.29, 1.82) is 0 Å². The monoisotopic (exact) mass is 224 g/mol. The molecule has 2 N–H and O–H groups in total. The minimum absolute atomic E-state index is 0.400. The van der Waals surface area contributed by atoms with Gasteiger partial charge in [-0.15, -0.1) is 0 Å². The zero-order chi connectivity index (χ0) is 11.6. The summed E-state index contributed by atoms with van der Waals surface area (Å²) in [6.07, 6.45) is 4.07. The molecule has 1 aromatic rings. The molecule has 0 aromatic carbocycles. The van der Waals surface area contributed by atoms with Crippen LogP contribution >= 0.6 is 0 Å². The van der Waals surface area contributed by atoms with Gasteiger partial charge in [0.05, 0.1) is 12.7 Å². The van der Waals surface area contributed by atoms with Gasteiger partial charge in [0.2, 0.25) is 0 Å². The molecule has 0 amide bonds. The van der Waals surface area contributed by atoms with E-state index < -0.39 is 6.10 Å². The zero-order valence-corrected chi connectivity index (χ0v) is 9.72. The molecule has 0 saturated heterocycles. The fraction of sp³-hybridized carbons (Fsp3) is 0.583. The predicted octanol–water partition coefficient (Wildman–Crippen LogP) is 0.959. The number of nitrogens with zero attached hydrogens (tertiary/aromatic N) is 1. The van der Waals surface area contributed by atoms with Crippen LogP contribution in [0.3, 0.4) is 0 Å². The van der Waals surface area contributed by atoms with Crippen LogP contribution in [0.2, 0.25) is 0 Å². The Hall–Kier alpha value is -0.970. The van der Waals surface area contributed by atoms with E-state index in [9.17, 15) is 5.11 Å². The number of aromatic nitrogens is 1. The van der Waals surface area contributed by atoms with Crippen LogP contribution < -0.4 is 5.32 Å². The molecule has 0 saturated carbocycles. The second kappa shape index (κ2) is 8.21. The average molecular weight is 224 g/mol. The Morgan fingerprint density at radius 3 is 2.88 bits per heavy atom.